The summed E-state index contributed by atoms with van der Waals surface area (Å²) in [4.78, 5) is 24.6. The van der Waals surface area contributed by atoms with Crippen LogP contribution < -0.4 is 0 Å². The van der Waals surface area contributed by atoms with Gasteiger partial charge in [0.05, 0.1) is 5.56 Å². The van der Waals surface area contributed by atoms with Gasteiger partial charge in [-0.15, -0.1) is 0 Å². The Balaban J connectivity index is 2.37. The zero-order chi connectivity index (χ0) is 16.5. The molecule has 1 aromatic rings. The zero-order valence-electron chi connectivity index (χ0n) is 11.7. The van der Waals surface area contributed by atoms with Crippen LogP contribution >= 0.6 is 11.8 Å². The van der Waals surface area contributed by atoms with Crippen LogP contribution in [0.25, 0.3) is 0 Å². The van der Waals surface area contributed by atoms with Gasteiger partial charge in [-0.25, -0.2) is 4.79 Å². The van der Waals surface area contributed by atoms with Crippen molar-refractivity contribution in [1.29, 1.82) is 0 Å². The predicted octanol–water partition coefficient (Wildman–Crippen LogP) is 2.87. The van der Waals surface area contributed by atoms with Crippen molar-refractivity contribution in [2.24, 2.45) is 0 Å². The van der Waals surface area contributed by atoms with E-state index < -0.39 is 29.7 Å². The molecule has 0 aromatic heterocycles. The number of carbonyl (C=O) groups excluding carboxylic acids is 1. The number of amides is 1. The van der Waals surface area contributed by atoms with E-state index in [-0.39, 0.29) is 24.1 Å². The Labute approximate surface area is 129 Å². The molecular formula is C14H14F3NO3S. The Morgan fingerprint density at radius 1 is 1.45 bits per heavy atom. The summed E-state index contributed by atoms with van der Waals surface area (Å²) in [5, 5.41) is 9.26. The highest BCUT2D eigenvalue weighted by Gasteiger charge is 2.42. The van der Waals surface area contributed by atoms with Crippen LogP contribution in [0.1, 0.15) is 27.9 Å². The van der Waals surface area contributed by atoms with Gasteiger partial charge in [0.25, 0.3) is 5.91 Å². The lowest BCUT2D eigenvalue weighted by Crippen LogP contribution is -2.41. The Hall–Kier alpha value is -1.70. The topological polar surface area (TPSA) is 57.6 Å². The molecule has 1 aliphatic rings. The van der Waals surface area contributed by atoms with Gasteiger partial charge in [-0.2, -0.15) is 24.9 Å². The van der Waals surface area contributed by atoms with E-state index in [4.69, 9.17) is 0 Å². The predicted molar refractivity (Wildman–Crippen MR) is 75.7 cm³/mol. The minimum absolute atomic E-state index is 0.0646. The molecule has 0 saturated heterocycles. The van der Waals surface area contributed by atoms with Crippen LogP contribution in [0.15, 0.2) is 18.2 Å². The van der Waals surface area contributed by atoms with Crippen LogP contribution in [0.4, 0.5) is 13.2 Å². The van der Waals surface area contributed by atoms with Crippen molar-refractivity contribution in [1.82, 2.24) is 4.90 Å². The molecule has 0 aliphatic carbocycles. The van der Waals surface area contributed by atoms with Gasteiger partial charge in [-0.05, 0) is 36.1 Å². The fourth-order valence-corrected chi connectivity index (χ4v) is 2.97. The molecule has 1 heterocycles. The maximum absolute atomic E-state index is 13.0. The lowest BCUT2D eigenvalue weighted by Gasteiger charge is -2.24. The van der Waals surface area contributed by atoms with Crippen LogP contribution in [-0.2, 0) is 17.5 Å². The molecule has 22 heavy (non-hydrogen) atoms. The monoisotopic (exact) mass is 333 g/mol. The molecule has 1 atom stereocenters. The molecule has 4 nitrogen and oxygen atoms in total. The van der Waals surface area contributed by atoms with E-state index in [1.54, 1.807) is 6.26 Å². The standard InChI is InChI=1S/C14H14F3NO3S/c1-22-6-5-11(13(20)21)18-7-9-8(12(18)19)3-2-4-10(9)14(15,16)17/h2-4,11H,5-7H2,1H3,(H,20,21)/t11-/m0/s1. The van der Waals surface area contributed by atoms with E-state index in [0.29, 0.717) is 5.75 Å². The molecule has 1 aliphatic heterocycles. The number of halogens is 3. The van der Waals surface area contributed by atoms with Crippen molar-refractivity contribution in [3.05, 3.63) is 34.9 Å². The van der Waals surface area contributed by atoms with E-state index >= 15 is 0 Å². The first-order chi connectivity index (χ1) is 10.3. The number of benzene rings is 1. The minimum atomic E-state index is -4.57. The summed E-state index contributed by atoms with van der Waals surface area (Å²) in [6.45, 7) is -0.324. The van der Waals surface area contributed by atoms with Crippen molar-refractivity contribution in [3.8, 4) is 0 Å². The Bertz CT molecular complexity index is 603. The summed E-state index contributed by atoms with van der Waals surface area (Å²) >= 11 is 1.42. The number of nitrogens with zero attached hydrogens (tertiary/aromatic N) is 1. The minimum Gasteiger partial charge on any atom is -0.480 e. The average molecular weight is 333 g/mol. The fourth-order valence-electron chi connectivity index (χ4n) is 2.51. The maximum Gasteiger partial charge on any atom is 0.416 e. The van der Waals surface area contributed by atoms with E-state index in [1.807, 2.05) is 0 Å². The van der Waals surface area contributed by atoms with Gasteiger partial charge in [-0.3, -0.25) is 4.79 Å². The highest BCUT2D eigenvalue weighted by Crippen LogP contribution is 2.37. The highest BCUT2D eigenvalue weighted by molar-refractivity contribution is 7.98. The second-order valence-electron chi connectivity index (χ2n) is 4.90. The first-order valence-corrected chi connectivity index (χ1v) is 7.88. The van der Waals surface area contributed by atoms with Crippen molar-refractivity contribution in [2.45, 2.75) is 25.2 Å². The summed E-state index contributed by atoms with van der Waals surface area (Å²) in [5.74, 6) is -1.36. The van der Waals surface area contributed by atoms with Crippen LogP contribution in [0.3, 0.4) is 0 Å². The molecule has 120 valence electrons. The molecular weight excluding hydrogens is 319 g/mol. The lowest BCUT2D eigenvalue weighted by molar-refractivity contribution is -0.142. The summed E-state index contributed by atoms with van der Waals surface area (Å²) in [6, 6.07) is 2.27. The number of alkyl halides is 3. The Morgan fingerprint density at radius 2 is 2.14 bits per heavy atom. The molecule has 0 unspecified atom stereocenters. The van der Waals surface area contributed by atoms with E-state index in [0.717, 1.165) is 11.0 Å². The summed E-state index contributed by atoms with van der Waals surface area (Å²) in [5.41, 5.74) is -1.09. The zero-order valence-corrected chi connectivity index (χ0v) is 12.5. The van der Waals surface area contributed by atoms with E-state index in [1.165, 1.54) is 23.9 Å². The number of aliphatic carboxylic acids is 1. The SMILES string of the molecule is CSCC[C@@H](C(=O)O)N1Cc2c(cccc2C(F)(F)F)C1=O. The Morgan fingerprint density at radius 3 is 2.68 bits per heavy atom. The number of carbonyl (C=O) groups is 2. The molecule has 0 radical (unpaired) electrons. The normalized spacial score (nSPS) is 15.8. The summed E-state index contributed by atoms with van der Waals surface area (Å²) < 4.78 is 39.0. The number of thioether (sulfide) groups is 1. The Kier molecular flexibility index (Phi) is 4.69. The average Bonchev–Trinajstić information content (AvgIpc) is 2.75. The quantitative estimate of drug-likeness (QED) is 0.900. The third kappa shape index (κ3) is 3.06. The first kappa shape index (κ1) is 16.7. The van der Waals surface area contributed by atoms with E-state index in [2.05, 4.69) is 0 Å². The van der Waals surface area contributed by atoms with E-state index in [9.17, 15) is 27.9 Å². The molecule has 2 rings (SSSR count). The molecule has 1 amide bonds. The second kappa shape index (κ2) is 6.20. The summed E-state index contributed by atoms with van der Waals surface area (Å²) in [6.07, 6.45) is -2.58. The second-order valence-corrected chi connectivity index (χ2v) is 5.88. The van der Waals surface area contributed by atoms with Crippen LogP contribution in [0, 0.1) is 0 Å². The van der Waals surface area contributed by atoms with Crippen molar-refractivity contribution in [2.75, 3.05) is 12.0 Å². The maximum atomic E-state index is 13.0. The summed E-state index contributed by atoms with van der Waals surface area (Å²) in [7, 11) is 0. The molecule has 0 saturated carbocycles. The van der Waals surface area contributed by atoms with Gasteiger partial charge in [0.15, 0.2) is 0 Å². The molecule has 1 N–H and O–H groups in total. The number of hydrogen-bond donors (Lipinski definition) is 1. The number of carboxylic acid groups (broad SMARTS) is 1. The molecule has 8 heteroatoms. The molecule has 0 fully saturated rings. The van der Waals surface area contributed by atoms with Crippen LogP contribution in [-0.4, -0.2) is 39.9 Å². The van der Waals surface area contributed by atoms with Crippen LogP contribution in [0.5, 0.6) is 0 Å². The number of fused-ring (bicyclic) bond motifs is 1. The van der Waals surface area contributed by atoms with Gasteiger partial charge >= 0.3 is 12.1 Å². The first-order valence-electron chi connectivity index (χ1n) is 6.49. The van der Waals surface area contributed by atoms with Gasteiger partial charge < -0.3 is 10.0 Å². The van der Waals surface area contributed by atoms with Crippen molar-refractivity contribution in [3.63, 3.8) is 0 Å². The van der Waals surface area contributed by atoms with Crippen molar-refractivity contribution < 1.29 is 27.9 Å². The number of carboxylic acids is 1. The van der Waals surface area contributed by atoms with Crippen LogP contribution in [0.2, 0.25) is 0 Å². The van der Waals surface area contributed by atoms with Gasteiger partial charge in [-0.1, -0.05) is 6.07 Å². The smallest absolute Gasteiger partial charge is 0.416 e. The van der Waals surface area contributed by atoms with Crippen molar-refractivity contribution >= 4 is 23.6 Å². The fraction of sp³-hybridized carbons (Fsp3) is 0.429. The van der Waals surface area contributed by atoms with Gasteiger partial charge in [0.1, 0.15) is 6.04 Å². The largest absolute Gasteiger partial charge is 0.480 e. The third-order valence-electron chi connectivity index (χ3n) is 3.56. The number of rotatable bonds is 5. The van der Waals surface area contributed by atoms with Gasteiger partial charge in [0.2, 0.25) is 0 Å². The highest BCUT2D eigenvalue weighted by atomic mass is 32.2. The molecule has 1 aromatic carbocycles. The third-order valence-corrected chi connectivity index (χ3v) is 4.20. The number of hydrogen-bond acceptors (Lipinski definition) is 3. The molecule has 0 bridgehead atoms. The van der Waals surface area contributed by atoms with Gasteiger partial charge in [0, 0.05) is 12.1 Å². The lowest BCUT2D eigenvalue weighted by atomic mass is 10.0. The molecule has 0 spiro atoms.